The second kappa shape index (κ2) is 5.59. The molecule has 1 aromatic carbocycles. The second-order valence-corrected chi connectivity index (χ2v) is 6.07. The summed E-state index contributed by atoms with van der Waals surface area (Å²) in [4.78, 5) is 2.25. The van der Waals surface area contributed by atoms with Crippen LogP contribution in [-0.4, -0.2) is 29.4 Å². The Kier molecular flexibility index (Phi) is 4.30. The highest BCUT2D eigenvalue weighted by Crippen LogP contribution is 2.32. The van der Waals surface area contributed by atoms with Gasteiger partial charge in [0.25, 0.3) is 0 Å². The fourth-order valence-corrected chi connectivity index (χ4v) is 2.84. The maximum absolute atomic E-state index is 9.85. The van der Waals surface area contributed by atoms with Crippen LogP contribution in [0.5, 0.6) is 0 Å². The molecule has 1 aromatic rings. The molecule has 2 rings (SSSR count). The van der Waals surface area contributed by atoms with Crippen molar-refractivity contribution < 1.29 is 10.2 Å². The molecule has 1 heterocycles. The summed E-state index contributed by atoms with van der Waals surface area (Å²) in [6, 6.07) is 5.96. The lowest BCUT2D eigenvalue weighted by atomic mass is 9.95. The normalized spacial score (nSPS) is 26.2. The molecule has 0 bridgehead atoms. The highest BCUT2D eigenvalue weighted by Gasteiger charge is 2.26. The number of aliphatic hydroxyl groups excluding tert-OH is 2. The van der Waals surface area contributed by atoms with Gasteiger partial charge in [-0.05, 0) is 31.4 Å². The van der Waals surface area contributed by atoms with E-state index in [0.29, 0.717) is 0 Å². The summed E-state index contributed by atoms with van der Waals surface area (Å²) in [6.45, 7) is 5.52. The lowest BCUT2D eigenvalue weighted by Crippen LogP contribution is -2.42. The monoisotopic (exact) mass is 313 g/mol. The quantitative estimate of drug-likeness (QED) is 0.882. The molecule has 1 fully saturated rings. The molecule has 0 aliphatic carbocycles. The van der Waals surface area contributed by atoms with Crippen LogP contribution in [0.2, 0.25) is 0 Å². The van der Waals surface area contributed by atoms with Gasteiger partial charge in [0.1, 0.15) is 0 Å². The Morgan fingerprint density at radius 1 is 1.44 bits per heavy atom. The van der Waals surface area contributed by atoms with E-state index in [1.165, 1.54) is 0 Å². The lowest BCUT2D eigenvalue weighted by molar-refractivity contribution is 0.0968. The van der Waals surface area contributed by atoms with Crippen LogP contribution in [0, 0.1) is 5.92 Å². The summed E-state index contributed by atoms with van der Waals surface area (Å²) in [5.41, 5.74) is 2.01. The summed E-state index contributed by atoms with van der Waals surface area (Å²) < 4.78 is 1.01. The molecule has 0 amide bonds. The number of anilines is 1. The van der Waals surface area contributed by atoms with Gasteiger partial charge in [-0.2, -0.15) is 0 Å². The van der Waals surface area contributed by atoms with Crippen molar-refractivity contribution in [2.45, 2.75) is 32.5 Å². The van der Waals surface area contributed by atoms with E-state index in [4.69, 9.17) is 0 Å². The third-order valence-electron chi connectivity index (χ3n) is 3.64. The first kappa shape index (κ1) is 13.8. The van der Waals surface area contributed by atoms with Gasteiger partial charge in [-0.25, -0.2) is 0 Å². The SMILES string of the molecule is CC(O)c1ccc(Br)cc1N1CCC(O)C(C)C1. The molecule has 0 spiro atoms. The van der Waals surface area contributed by atoms with Crippen LogP contribution < -0.4 is 4.90 Å². The van der Waals surface area contributed by atoms with Crippen LogP contribution >= 0.6 is 15.9 Å². The predicted octanol–water partition coefficient (Wildman–Crippen LogP) is 2.71. The zero-order chi connectivity index (χ0) is 13.3. The van der Waals surface area contributed by atoms with Gasteiger partial charge in [0.05, 0.1) is 12.2 Å². The van der Waals surface area contributed by atoms with Gasteiger partial charge < -0.3 is 15.1 Å². The Balaban J connectivity index is 2.29. The largest absolute Gasteiger partial charge is 0.393 e. The number of rotatable bonds is 2. The van der Waals surface area contributed by atoms with Gasteiger partial charge in [0, 0.05) is 28.8 Å². The molecule has 3 atom stereocenters. The summed E-state index contributed by atoms with van der Waals surface area (Å²) in [6.07, 6.45) is 0.103. The average molecular weight is 314 g/mol. The van der Waals surface area contributed by atoms with Crippen molar-refractivity contribution in [3.8, 4) is 0 Å². The molecule has 3 unspecified atom stereocenters. The van der Waals surface area contributed by atoms with Crippen molar-refractivity contribution in [3.63, 3.8) is 0 Å². The Morgan fingerprint density at radius 3 is 2.78 bits per heavy atom. The van der Waals surface area contributed by atoms with Gasteiger partial charge in [0.2, 0.25) is 0 Å². The van der Waals surface area contributed by atoms with Crippen LogP contribution in [0.3, 0.4) is 0 Å². The lowest BCUT2D eigenvalue weighted by Gasteiger charge is -2.37. The molecule has 100 valence electrons. The minimum absolute atomic E-state index is 0.205. The summed E-state index contributed by atoms with van der Waals surface area (Å²) in [7, 11) is 0. The molecule has 0 aromatic heterocycles. The van der Waals surface area contributed by atoms with Gasteiger partial charge >= 0.3 is 0 Å². The number of aliphatic hydroxyl groups is 2. The van der Waals surface area contributed by atoms with Crippen molar-refractivity contribution in [2.75, 3.05) is 18.0 Å². The molecule has 0 radical (unpaired) electrons. The van der Waals surface area contributed by atoms with Crippen LogP contribution in [0.15, 0.2) is 22.7 Å². The molecule has 1 aliphatic heterocycles. The maximum Gasteiger partial charge on any atom is 0.0782 e. The van der Waals surface area contributed by atoms with Crippen molar-refractivity contribution in [3.05, 3.63) is 28.2 Å². The van der Waals surface area contributed by atoms with Crippen LogP contribution in [-0.2, 0) is 0 Å². The first-order chi connectivity index (χ1) is 8.49. The van der Waals surface area contributed by atoms with Crippen molar-refractivity contribution in [1.29, 1.82) is 0 Å². The zero-order valence-corrected chi connectivity index (χ0v) is 12.4. The number of hydrogen-bond donors (Lipinski definition) is 2. The Bertz CT molecular complexity index is 422. The smallest absolute Gasteiger partial charge is 0.0782 e. The summed E-state index contributed by atoms with van der Waals surface area (Å²) in [5, 5.41) is 19.6. The number of piperidine rings is 1. The van der Waals surface area contributed by atoms with Gasteiger partial charge in [-0.3, -0.25) is 0 Å². The molecule has 0 saturated carbocycles. The molecule has 18 heavy (non-hydrogen) atoms. The minimum Gasteiger partial charge on any atom is -0.393 e. The minimum atomic E-state index is -0.477. The van der Waals surface area contributed by atoms with Crippen LogP contribution in [0.4, 0.5) is 5.69 Å². The maximum atomic E-state index is 9.85. The van der Waals surface area contributed by atoms with E-state index < -0.39 is 6.10 Å². The fraction of sp³-hybridized carbons (Fsp3) is 0.571. The molecule has 2 N–H and O–H groups in total. The molecular weight excluding hydrogens is 294 g/mol. The number of benzene rings is 1. The first-order valence-electron chi connectivity index (χ1n) is 6.39. The number of halogens is 1. The average Bonchev–Trinajstić information content (AvgIpc) is 2.32. The van der Waals surface area contributed by atoms with Gasteiger partial charge in [-0.15, -0.1) is 0 Å². The molecule has 3 nitrogen and oxygen atoms in total. The van der Waals surface area contributed by atoms with Crippen LogP contribution in [0.25, 0.3) is 0 Å². The Labute approximate surface area is 117 Å². The standard InChI is InChI=1S/C14H20BrNO2/c1-9-8-16(6-5-14(9)18)13-7-11(15)3-4-12(13)10(2)17/h3-4,7,9-10,14,17-18H,5-6,8H2,1-2H3. The third-order valence-corrected chi connectivity index (χ3v) is 4.14. The zero-order valence-electron chi connectivity index (χ0n) is 10.8. The first-order valence-corrected chi connectivity index (χ1v) is 7.19. The van der Waals surface area contributed by atoms with E-state index in [1.807, 2.05) is 18.2 Å². The molecule has 1 aliphatic rings. The summed E-state index contributed by atoms with van der Waals surface area (Å²) >= 11 is 3.48. The predicted molar refractivity (Wildman–Crippen MR) is 76.8 cm³/mol. The Hall–Kier alpha value is -0.580. The van der Waals surface area contributed by atoms with E-state index in [-0.39, 0.29) is 12.0 Å². The summed E-state index contributed by atoms with van der Waals surface area (Å²) in [5.74, 6) is 0.264. The van der Waals surface area contributed by atoms with E-state index in [1.54, 1.807) is 6.92 Å². The topological polar surface area (TPSA) is 43.7 Å². The van der Waals surface area contributed by atoms with Gasteiger partial charge in [0.15, 0.2) is 0 Å². The third kappa shape index (κ3) is 2.87. The van der Waals surface area contributed by atoms with Gasteiger partial charge in [-0.1, -0.05) is 28.9 Å². The van der Waals surface area contributed by atoms with E-state index in [9.17, 15) is 10.2 Å². The number of nitrogens with zero attached hydrogens (tertiary/aromatic N) is 1. The molecular formula is C14H20BrNO2. The second-order valence-electron chi connectivity index (χ2n) is 5.16. The Morgan fingerprint density at radius 2 is 2.17 bits per heavy atom. The van der Waals surface area contributed by atoms with Crippen molar-refractivity contribution in [1.82, 2.24) is 0 Å². The molecule has 1 saturated heterocycles. The van der Waals surface area contributed by atoms with E-state index in [0.717, 1.165) is 35.2 Å². The van der Waals surface area contributed by atoms with E-state index >= 15 is 0 Å². The highest BCUT2D eigenvalue weighted by atomic mass is 79.9. The van der Waals surface area contributed by atoms with E-state index in [2.05, 4.69) is 27.8 Å². The van der Waals surface area contributed by atoms with Crippen molar-refractivity contribution in [2.24, 2.45) is 5.92 Å². The fourth-order valence-electron chi connectivity index (χ4n) is 2.50. The van der Waals surface area contributed by atoms with Crippen molar-refractivity contribution >= 4 is 21.6 Å². The molecule has 4 heteroatoms. The number of hydrogen-bond acceptors (Lipinski definition) is 3. The van der Waals surface area contributed by atoms with Crippen LogP contribution in [0.1, 0.15) is 31.9 Å². The highest BCUT2D eigenvalue weighted by molar-refractivity contribution is 9.10.